The molecule has 4 nitrogen and oxygen atoms in total. The lowest BCUT2D eigenvalue weighted by atomic mass is 10.5. The minimum Gasteiger partial charge on any atom is -0.510 e. The summed E-state index contributed by atoms with van der Waals surface area (Å²) in [6, 6.07) is 0. The van der Waals surface area contributed by atoms with E-state index in [1.54, 1.807) is 0 Å². The highest BCUT2D eigenvalue weighted by Crippen LogP contribution is 2.02. The van der Waals surface area contributed by atoms with Crippen LogP contribution in [0.5, 0.6) is 0 Å². The van der Waals surface area contributed by atoms with Crippen LogP contribution >= 0.6 is 0 Å². The lowest BCUT2D eigenvalue weighted by molar-refractivity contribution is -0.155. The molecule has 1 amide bonds. The van der Waals surface area contributed by atoms with E-state index in [9.17, 15) is 4.79 Å². The van der Waals surface area contributed by atoms with E-state index in [1.165, 1.54) is 0 Å². The fourth-order valence-corrected chi connectivity index (χ4v) is 0.494. The number of nitrogens with zero attached hydrogens (tertiary/aromatic N) is 1. The molecule has 1 aliphatic heterocycles. The van der Waals surface area contributed by atoms with E-state index in [0.717, 1.165) is 6.08 Å². The zero-order valence-corrected chi connectivity index (χ0v) is 4.03. The van der Waals surface area contributed by atoms with Crippen molar-refractivity contribution >= 4 is 5.91 Å². The molecule has 0 saturated heterocycles. The summed E-state index contributed by atoms with van der Waals surface area (Å²) in [7, 11) is 0. The van der Waals surface area contributed by atoms with Crippen LogP contribution in [0.25, 0.3) is 0 Å². The van der Waals surface area contributed by atoms with Gasteiger partial charge in [0.25, 0.3) is 5.91 Å². The van der Waals surface area contributed by atoms with Crippen molar-refractivity contribution in [3.05, 3.63) is 11.8 Å². The molecule has 1 heterocycles. The zero-order valence-electron chi connectivity index (χ0n) is 4.03. The van der Waals surface area contributed by atoms with Gasteiger partial charge in [0.05, 0.1) is 0 Å². The van der Waals surface area contributed by atoms with Crippen molar-refractivity contribution in [1.82, 2.24) is 5.06 Å². The Morgan fingerprint density at radius 2 is 2.38 bits per heavy atom. The van der Waals surface area contributed by atoms with Crippen molar-refractivity contribution in [1.29, 1.82) is 0 Å². The fraction of sp³-hybridized carbons (Fsp3) is 0.250. The van der Waals surface area contributed by atoms with Crippen LogP contribution < -0.4 is 0 Å². The second-order valence-corrected chi connectivity index (χ2v) is 1.53. The van der Waals surface area contributed by atoms with Gasteiger partial charge in [0, 0.05) is 6.08 Å². The summed E-state index contributed by atoms with van der Waals surface area (Å²) in [6.45, 7) is -0.0845. The minimum absolute atomic E-state index is 0.0845. The fourth-order valence-electron chi connectivity index (χ4n) is 0.494. The highest BCUT2D eigenvalue weighted by atomic mass is 16.5. The summed E-state index contributed by atoms with van der Waals surface area (Å²) in [5, 5.41) is 17.4. The first kappa shape index (κ1) is 5.11. The number of hydrogen-bond donors (Lipinski definition) is 2. The van der Waals surface area contributed by atoms with Gasteiger partial charge in [0.1, 0.15) is 12.3 Å². The molecule has 2 N–H and O–H groups in total. The van der Waals surface area contributed by atoms with E-state index >= 15 is 0 Å². The molecule has 0 unspecified atom stereocenters. The summed E-state index contributed by atoms with van der Waals surface area (Å²) in [6.07, 6.45) is 0.972. The Hall–Kier alpha value is -1.03. The standard InChI is InChI=1S/C4H5NO3/c6-3-1-4(7)5(8)2-3/h1,6,8H,2H2. The zero-order chi connectivity index (χ0) is 6.15. The second-order valence-electron chi connectivity index (χ2n) is 1.53. The maximum Gasteiger partial charge on any atom is 0.273 e. The molecule has 1 aliphatic rings. The van der Waals surface area contributed by atoms with Crippen LogP contribution in [-0.4, -0.2) is 27.8 Å². The molecule has 44 valence electrons. The van der Waals surface area contributed by atoms with Crippen molar-refractivity contribution in [2.75, 3.05) is 6.54 Å². The summed E-state index contributed by atoms with van der Waals surface area (Å²) in [5.41, 5.74) is 0. The number of carbonyl (C=O) groups is 1. The van der Waals surface area contributed by atoms with E-state index in [4.69, 9.17) is 10.3 Å². The van der Waals surface area contributed by atoms with Crippen molar-refractivity contribution in [2.24, 2.45) is 0 Å². The molecule has 8 heavy (non-hydrogen) atoms. The van der Waals surface area contributed by atoms with Crippen molar-refractivity contribution in [3.8, 4) is 0 Å². The number of aliphatic hydroxyl groups is 1. The van der Waals surface area contributed by atoms with Crippen LogP contribution in [0.15, 0.2) is 11.8 Å². The lowest BCUT2D eigenvalue weighted by Gasteiger charge is -2.01. The maximum atomic E-state index is 10.2. The van der Waals surface area contributed by atoms with Crippen LogP contribution in [-0.2, 0) is 4.79 Å². The molecule has 1 rings (SSSR count). The number of hydrogen-bond acceptors (Lipinski definition) is 3. The number of aliphatic hydroxyl groups excluding tert-OH is 1. The van der Waals surface area contributed by atoms with Gasteiger partial charge in [-0.1, -0.05) is 0 Å². The molecule has 0 aromatic rings. The smallest absolute Gasteiger partial charge is 0.273 e. The SMILES string of the molecule is O=C1C=C(O)CN1O. The first-order valence-corrected chi connectivity index (χ1v) is 2.10. The first-order valence-electron chi connectivity index (χ1n) is 2.10. The monoisotopic (exact) mass is 115 g/mol. The van der Waals surface area contributed by atoms with Crippen molar-refractivity contribution in [2.45, 2.75) is 0 Å². The van der Waals surface area contributed by atoms with E-state index in [2.05, 4.69) is 0 Å². The lowest BCUT2D eigenvalue weighted by Crippen LogP contribution is -2.20. The van der Waals surface area contributed by atoms with Gasteiger partial charge in [-0.15, -0.1) is 0 Å². The normalized spacial score (nSPS) is 19.4. The van der Waals surface area contributed by atoms with Crippen molar-refractivity contribution < 1.29 is 15.1 Å². The predicted molar refractivity (Wildman–Crippen MR) is 24.2 cm³/mol. The van der Waals surface area contributed by atoms with Gasteiger partial charge in [0.15, 0.2) is 0 Å². The van der Waals surface area contributed by atoms with Gasteiger partial charge in [0.2, 0.25) is 0 Å². The highest BCUT2D eigenvalue weighted by Gasteiger charge is 2.17. The molecule has 0 fully saturated rings. The molecule has 0 saturated carbocycles. The molecule has 0 spiro atoms. The molecule has 4 heteroatoms. The molecular weight excluding hydrogens is 110 g/mol. The van der Waals surface area contributed by atoms with Crippen LogP contribution in [0.2, 0.25) is 0 Å². The van der Waals surface area contributed by atoms with E-state index in [-0.39, 0.29) is 12.3 Å². The number of rotatable bonds is 0. The molecule has 0 radical (unpaired) electrons. The van der Waals surface area contributed by atoms with Gasteiger partial charge in [-0.3, -0.25) is 10.0 Å². The van der Waals surface area contributed by atoms with Crippen LogP contribution in [0, 0.1) is 0 Å². The average Bonchev–Trinajstić information content (AvgIpc) is 1.85. The predicted octanol–water partition coefficient (Wildman–Crippen LogP) is -0.340. The summed E-state index contributed by atoms with van der Waals surface area (Å²) < 4.78 is 0. The number of carbonyl (C=O) groups excluding carboxylic acids is 1. The Labute approximate surface area is 45.6 Å². The largest absolute Gasteiger partial charge is 0.510 e. The van der Waals surface area contributed by atoms with Crippen LogP contribution in [0.3, 0.4) is 0 Å². The van der Waals surface area contributed by atoms with Crippen molar-refractivity contribution in [3.63, 3.8) is 0 Å². The number of hydroxylamine groups is 2. The minimum atomic E-state index is -0.567. The first-order chi connectivity index (χ1) is 3.70. The Bertz CT molecular complexity index is 151. The Morgan fingerprint density at radius 1 is 1.75 bits per heavy atom. The molecule has 0 aromatic heterocycles. The van der Waals surface area contributed by atoms with E-state index < -0.39 is 5.91 Å². The summed E-state index contributed by atoms with van der Waals surface area (Å²) in [4.78, 5) is 10.2. The van der Waals surface area contributed by atoms with Gasteiger partial charge in [-0.05, 0) is 0 Å². The molecule has 0 aromatic carbocycles. The van der Waals surface area contributed by atoms with E-state index in [0.29, 0.717) is 5.06 Å². The molecule has 0 atom stereocenters. The van der Waals surface area contributed by atoms with Crippen LogP contribution in [0.1, 0.15) is 0 Å². The molecular formula is C4H5NO3. The Balaban J connectivity index is 2.70. The average molecular weight is 115 g/mol. The third-order valence-corrected chi connectivity index (χ3v) is 0.856. The second kappa shape index (κ2) is 1.48. The van der Waals surface area contributed by atoms with Gasteiger partial charge >= 0.3 is 0 Å². The summed E-state index contributed by atoms with van der Waals surface area (Å²) >= 11 is 0. The topological polar surface area (TPSA) is 60.8 Å². The highest BCUT2D eigenvalue weighted by molar-refractivity contribution is 5.89. The van der Waals surface area contributed by atoms with E-state index in [1.807, 2.05) is 0 Å². The molecule has 0 bridgehead atoms. The van der Waals surface area contributed by atoms with Gasteiger partial charge in [-0.25, -0.2) is 5.06 Å². The van der Waals surface area contributed by atoms with Gasteiger partial charge in [-0.2, -0.15) is 0 Å². The third kappa shape index (κ3) is 0.651. The molecule has 0 aliphatic carbocycles. The third-order valence-electron chi connectivity index (χ3n) is 0.856. The van der Waals surface area contributed by atoms with Gasteiger partial charge < -0.3 is 5.11 Å². The van der Waals surface area contributed by atoms with Crippen LogP contribution in [0.4, 0.5) is 0 Å². The maximum absolute atomic E-state index is 10.2. The Morgan fingerprint density at radius 3 is 2.50 bits per heavy atom. The quantitative estimate of drug-likeness (QED) is 0.424. The number of amides is 1. The summed E-state index contributed by atoms with van der Waals surface area (Å²) in [5.74, 6) is -0.667. The Kier molecular flexibility index (Phi) is 0.948.